The molecule has 0 amide bonds. The molecule has 0 saturated carbocycles. The summed E-state index contributed by atoms with van der Waals surface area (Å²) >= 11 is 0. The van der Waals surface area contributed by atoms with Gasteiger partial charge in [-0.1, -0.05) is 0 Å². The summed E-state index contributed by atoms with van der Waals surface area (Å²) < 4.78 is 149. The van der Waals surface area contributed by atoms with E-state index in [1.54, 1.807) is 0 Å². The number of aromatic carboxylic acids is 1. The molecule has 0 atom stereocenters. The van der Waals surface area contributed by atoms with Crippen LogP contribution >= 0.6 is 0 Å². The van der Waals surface area contributed by atoms with Gasteiger partial charge in [-0.15, -0.1) is 15.3 Å². The predicted molar refractivity (Wildman–Crippen MR) is 178 cm³/mol. The molecule has 3 rings (SSSR count). The number of hydrogen-bond acceptors (Lipinski definition) is 20. The second-order valence-corrected chi connectivity index (χ2v) is 19.0. The number of carboxylic acid groups (broad SMARTS) is 1. The largest absolute Gasteiger partial charge is 0.478 e. The van der Waals surface area contributed by atoms with E-state index in [1.807, 2.05) is 0 Å². The van der Waals surface area contributed by atoms with E-state index in [4.69, 9.17) is 16.0 Å². The Hall–Kier alpha value is -4.56. The first-order valence-electron chi connectivity index (χ1n) is 13.5. The zero-order valence-electron chi connectivity index (χ0n) is 26.0. The number of aliphatic hydroxyl groups is 2. The number of sulfone groups is 2. The van der Waals surface area contributed by atoms with Crippen LogP contribution in [0, 0.1) is 0 Å². The molecule has 0 aliphatic rings. The van der Waals surface area contributed by atoms with Gasteiger partial charge in [0.25, 0.3) is 20.2 Å². The average Bonchev–Trinajstić information content (AvgIpc) is 3.02. The van der Waals surface area contributed by atoms with E-state index >= 15 is 0 Å². The van der Waals surface area contributed by atoms with Crippen LogP contribution in [0.4, 0.5) is 34.1 Å². The Morgan fingerprint density at radius 3 is 1.68 bits per heavy atom. The van der Waals surface area contributed by atoms with Gasteiger partial charge in [0.1, 0.15) is 27.5 Å². The molecule has 290 valence electrons. The van der Waals surface area contributed by atoms with Gasteiger partial charge in [-0.25, -0.2) is 25.8 Å². The van der Waals surface area contributed by atoms with Crippen LogP contribution in [0.1, 0.15) is 10.4 Å². The van der Waals surface area contributed by atoms with Gasteiger partial charge < -0.3 is 26.8 Å². The summed E-state index contributed by atoms with van der Waals surface area (Å²) in [7, 11) is -25.8. The SMILES string of the molecule is Nc1cc(N)c(N=Nc2ccc(S(=O)(=O)C(CO)(CO)S(=O)(=O)O)cc2S(=O)(=O)O)c(C(=O)O)c1N=Nc1ccc(S(=O)(=O)CCOS(=O)(=O)O)cc1. The molecule has 0 aliphatic carbocycles. The van der Waals surface area contributed by atoms with E-state index < -0.39 is 130 Å². The second-order valence-electron chi connectivity index (χ2n) is 10.2. The minimum Gasteiger partial charge on any atom is -0.478 e. The summed E-state index contributed by atoms with van der Waals surface area (Å²) in [5.74, 6) is -2.64. The number of azo groups is 2. The van der Waals surface area contributed by atoms with Gasteiger partial charge in [0.05, 0.1) is 52.4 Å². The number of carboxylic acids is 1. The van der Waals surface area contributed by atoms with E-state index in [1.165, 1.54) is 0 Å². The minimum atomic E-state index is -5.79. The molecule has 29 heteroatoms. The number of aliphatic hydroxyl groups excluding tert-OH is 2. The molecule has 0 radical (unpaired) electrons. The summed E-state index contributed by atoms with van der Waals surface area (Å²) in [5, 5.41) is 43.7. The van der Waals surface area contributed by atoms with Gasteiger partial charge in [0, 0.05) is 0 Å². The number of hydrogen-bond donors (Lipinski definition) is 8. The van der Waals surface area contributed by atoms with Crippen molar-refractivity contribution in [2.45, 2.75) is 18.8 Å². The smallest absolute Gasteiger partial charge is 0.397 e. The number of nitrogens with two attached hydrogens (primary N) is 2. The standard InChI is InChI=1S/C24H26N6O18S5/c25-16-10-17(26)22(20(23(33)34)21(16)29-27-13-1-3-14(4-2-13)49(35,36)8-7-48-53(45,46)47)30-28-18-6-5-15(9-19(18)51(39,40)41)50(37,38)24(11-31,12-32)52(42,43)44/h1-6,9-10,31-32H,7-8,11-12,25-26H2,(H,33,34)(H,39,40,41)(H,42,43,44)(H,45,46,47). The highest BCUT2D eigenvalue weighted by Crippen LogP contribution is 2.42. The van der Waals surface area contributed by atoms with Gasteiger partial charge in [-0.3, -0.25) is 13.7 Å². The third-order valence-electron chi connectivity index (χ3n) is 6.81. The maximum Gasteiger partial charge on any atom is 0.397 e. The summed E-state index contributed by atoms with van der Waals surface area (Å²) in [5.41, 5.74) is 7.68. The molecule has 0 bridgehead atoms. The van der Waals surface area contributed by atoms with Crippen LogP contribution in [0.2, 0.25) is 0 Å². The van der Waals surface area contributed by atoms with Crippen LogP contribution in [-0.2, 0) is 54.5 Å². The van der Waals surface area contributed by atoms with Gasteiger partial charge in [0.15, 0.2) is 9.84 Å². The number of anilines is 2. The number of benzene rings is 3. The Kier molecular flexibility index (Phi) is 12.5. The molecule has 0 heterocycles. The van der Waals surface area contributed by atoms with E-state index in [2.05, 4.69) is 24.6 Å². The van der Waals surface area contributed by atoms with E-state index in [9.17, 15) is 71.3 Å². The van der Waals surface area contributed by atoms with Gasteiger partial charge >= 0.3 is 16.4 Å². The van der Waals surface area contributed by atoms with Crippen molar-refractivity contribution >= 4 is 90.4 Å². The van der Waals surface area contributed by atoms with E-state index in [-0.39, 0.29) is 16.6 Å². The van der Waals surface area contributed by atoms with Crippen LogP contribution in [0.3, 0.4) is 0 Å². The first-order valence-corrected chi connectivity index (χ1v) is 20.9. The van der Waals surface area contributed by atoms with E-state index in [0.717, 1.165) is 30.3 Å². The lowest BCUT2D eigenvalue weighted by Gasteiger charge is -2.26. The van der Waals surface area contributed by atoms with Crippen LogP contribution in [-0.4, -0.2) is 107 Å². The highest BCUT2D eigenvalue weighted by molar-refractivity contribution is 8.08. The molecule has 0 saturated heterocycles. The predicted octanol–water partition coefficient (Wildman–Crippen LogP) is 0.562. The lowest BCUT2D eigenvalue weighted by atomic mass is 10.1. The molecule has 0 aliphatic heterocycles. The summed E-state index contributed by atoms with van der Waals surface area (Å²) in [6, 6.07) is 6.41. The maximum absolute atomic E-state index is 13.1. The minimum absolute atomic E-state index is 0.0814. The average molecular weight is 847 g/mol. The van der Waals surface area contributed by atoms with Crippen molar-refractivity contribution in [2.75, 3.05) is 37.0 Å². The van der Waals surface area contributed by atoms with Gasteiger partial charge in [-0.2, -0.15) is 30.4 Å². The topological polar surface area (TPSA) is 420 Å². The highest BCUT2D eigenvalue weighted by Gasteiger charge is 2.55. The molecular weight excluding hydrogens is 821 g/mol. The Balaban J connectivity index is 2.10. The number of rotatable bonds is 16. The lowest BCUT2D eigenvalue weighted by molar-refractivity contribution is 0.0698. The Bertz CT molecular complexity index is 2550. The molecule has 0 fully saturated rings. The quantitative estimate of drug-likeness (QED) is 0.0554. The monoisotopic (exact) mass is 846 g/mol. The number of carbonyl (C=O) groups is 1. The number of nitrogen functional groups attached to an aromatic ring is 2. The zero-order chi connectivity index (χ0) is 40.4. The molecule has 10 N–H and O–H groups in total. The molecular formula is C24H26N6O18S5. The Morgan fingerprint density at radius 1 is 0.717 bits per heavy atom. The molecule has 3 aromatic carbocycles. The lowest BCUT2D eigenvalue weighted by Crippen LogP contribution is -2.52. The number of nitrogens with zero attached hydrogens (tertiary/aromatic N) is 4. The Morgan fingerprint density at radius 2 is 1.23 bits per heavy atom. The molecule has 0 aromatic heterocycles. The maximum atomic E-state index is 13.1. The highest BCUT2D eigenvalue weighted by atomic mass is 32.3. The molecule has 0 spiro atoms. The van der Waals surface area contributed by atoms with Crippen molar-refractivity contribution in [3.05, 3.63) is 54.1 Å². The van der Waals surface area contributed by atoms with Crippen molar-refractivity contribution in [1.29, 1.82) is 0 Å². The van der Waals surface area contributed by atoms with Gasteiger partial charge in [0.2, 0.25) is 13.9 Å². The van der Waals surface area contributed by atoms with Crippen LogP contribution in [0.15, 0.2) is 83.7 Å². The van der Waals surface area contributed by atoms with E-state index in [0.29, 0.717) is 12.1 Å². The third kappa shape index (κ3) is 9.33. The molecule has 3 aromatic rings. The van der Waals surface area contributed by atoms with Crippen molar-refractivity contribution in [2.24, 2.45) is 20.5 Å². The molecule has 24 nitrogen and oxygen atoms in total. The fraction of sp³-hybridized carbons (Fsp3) is 0.208. The van der Waals surface area contributed by atoms with Crippen molar-refractivity contribution in [3.8, 4) is 0 Å². The first-order chi connectivity index (χ1) is 24.2. The molecule has 0 unspecified atom stereocenters. The zero-order valence-corrected chi connectivity index (χ0v) is 30.1. The van der Waals surface area contributed by atoms with Crippen LogP contribution in [0.25, 0.3) is 0 Å². The fourth-order valence-electron chi connectivity index (χ4n) is 4.11. The van der Waals surface area contributed by atoms with Gasteiger partial charge in [-0.05, 0) is 48.5 Å². The summed E-state index contributed by atoms with van der Waals surface area (Å²) in [4.78, 5) is 9.37. The normalized spacial score (nSPS) is 13.5. The third-order valence-corrected chi connectivity index (χ3v) is 14.5. The summed E-state index contributed by atoms with van der Waals surface area (Å²) in [6.45, 7) is -4.69. The first kappa shape index (κ1) is 42.8. The second kappa shape index (κ2) is 15.4. The van der Waals surface area contributed by atoms with Crippen LogP contribution < -0.4 is 11.5 Å². The van der Waals surface area contributed by atoms with Crippen LogP contribution in [0.5, 0.6) is 0 Å². The fourth-order valence-corrected chi connectivity index (χ4v) is 9.34. The van der Waals surface area contributed by atoms with Crippen molar-refractivity contribution in [3.63, 3.8) is 0 Å². The van der Waals surface area contributed by atoms with Crippen molar-refractivity contribution in [1.82, 2.24) is 0 Å². The van der Waals surface area contributed by atoms with Crippen molar-refractivity contribution < 1.29 is 80.0 Å². The summed E-state index contributed by atoms with van der Waals surface area (Å²) in [6.07, 6.45) is 0. The Labute approximate surface area is 299 Å². The molecule has 53 heavy (non-hydrogen) atoms.